The van der Waals surface area contributed by atoms with Crippen LogP contribution in [-0.2, 0) is 19.0 Å². The van der Waals surface area contributed by atoms with Crippen molar-refractivity contribution in [2.75, 3.05) is 19.8 Å². The standard InChI is InChI=1S/C8H12O4/c9-7-1-2-8(3-4-10-7)11-5-6-12-8/h1-6H2. The highest BCUT2D eigenvalue weighted by atomic mass is 16.7. The number of rotatable bonds is 0. The fourth-order valence-electron chi connectivity index (χ4n) is 1.60. The van der Waals surface area contributed by atoms with Gasteiger partial charge in [-0.3, -0.25) is 4.79 Å². The molecule has 2 saturated heterocycles. The van der Waals surface area contributed by atoms with E-state index in [1.54, 1.807) is 0 Å². The molecule has 12 heavy (non-hydrogen) atoms. The first-order valence-corrected chi connectivity index (χ1v) is 4.24. The number of hydrogen-bond donors (Lipinski definition) is 0. The Bertz CT molecular complexity index is 183. The summed E-state index contributed by atoms with van der Waals surface area (Å²) in [4.78, 5) is 10.9. The Morgan fingerprint density at radius 3 is 2.58 bits per heavy atom. The van der Waals surface area contributed by atoms with E-state index in [1.807, 2.05) is 0 Å². The lowest BCUT2D eigenvalue weighted by molar-refractivity contribution is -0.165. The predicted molar refractivity (Wildman–Crippen MR) is 39.4 cm³/mol. The molecular formula is C8H12O4. The van der Waals surface area contributed by atoms with Crippen LogP contribution in [0.15, 0.2) is 0 Å². The molecule has 2 fully saturated rings. The zero-order valence-electron chi connectivity index (χ0n) is 6.88. The highest BCUT2D eigenvalue weighted by molar-refractivity contribution is 5.69. The minimum atomic E-state index is -0.508. The monoisotopic (exact) mass is 172 g/mol. The van der Waals surface area contributed by atoms with E-state index in [2.05, 4.69) is 0 Å². The zero-order chi connectivity index (χ0) is 8.44. The number of carbonyl (C=O) groups excluding carboxylic acids is 1. The van der Waals surface area contributed by atoms with Gasteiger partial charge in [-0.05, 0) is 0 Å². The maximum atomic E-state index is 10.9. The lowest BCUT2D eigenvalue weighted by Crippen LogP contribution is -2.30. The van der Waals surface area contributed by atoms with Crippen LogP contribution >= 0.6 is 0 Å². The molecule has 0 unspecified atom stereocenters. The number of carbonyl (C=O) groups is 1. The van der Waals surface area contributed by atoms with Crippen LogP contribution in [0.25, 0.3) is 0 Å². The van der Waals surface area contributed by atoms with Gasteiger partial charge in [0.2, 0.25) is 0 Å². The van der Waals surface area contributed by atoms with Crippen LogP contribution in [0.5, 0.6) is 0 Å². The molecule has 0 radical (unpaired) electrons. The molecule has 0 atom stereocenters. The van der Waals surface area contributed by atoms with Crippen molar-refractivity contribution in [1.29, 1.82) is 0 Å². The molecule has 2 aliphatic heterocycles. The van der Waals surface area contributed by atoms with Crippen molar-refractivity contribution in [2.45, 2.75) is 25.0 Å². The van der Waals surface area contributed by atoms with Gasteiger partial charge in [-0.25, -0.2) is 0 Å². The van der Waals surface area contributed by atoms with Gasteiger partial charge in [0.1, 0.15) is 0 Å². The summed E-state index contributed by atoms with van der Waals surface area (Å²) in [5.74, 6) is -0.655. The van der Waals surface area contributed by atoms with Crippen LogP contribution in [0, 0.1) is 0 Å². The Hall–Kier alpha value is -0.610. The summed E-state index contributed by atoms with van der Waals surface area (Å²) in [5, 5.41) is 0. The van der Waals surface area contributed by atoms with Gasteiger partial charge < -0.3 is 14.2 Å². The third-order valence-electron chi connectivity index (χ3n) is 2.27. The molecule has 0 aromatic carbocycles. The average molecular weight is 172 g/mol. The van der Waals surface area contributed by atoms with Gasteiger partial charge in [0.25, 0.3) is 0 Å². The second kappa shape index (κ2) is 3.03. The summed E-state index contributed by atoms with van der Waals surface area (Å²) in [5.41, 5.74) is 0. The van der Waals surface area contributed by atoms with E-state index in [1.165, 1.54) is 0 Å². The van der Waals surface area contributed by atoms with E-state index < -0.39 is 5.79 Å². The second-order valence-corrected chi connectivity index (χ2v) is 3.08. The number of esters is 1. The van der Waals surface area contributed by atoms with Gasteiger partial charge in [0.05, 0.1) is 26.2 Å². The Morgan fingerprint density at radius 1 is 1.08 bits per heavy atom. The first-order chi connectivity index (χ1) is 5.81. The van der Waals surface area contributed by atoms with E-state index in [4.69, 9.17) is 14.2 Å². The molecule has 2 aliphatic rings. The number of cyclic esters (lactones) is 1. The largest absolute Gasteiger partial charge is 0.465 e. The van der Waals surface area contributed by atoms with Gasteiger partial charge in [-0.15, -0.1) is 0 Å². The maximum absolute atomic E-state index is 10.9. The van der Waals surface area contributed by atoms with Crippen molar-refractivity contribution >= 4 is 5.97 Å². The fourth-order valence-corrected chi connectivity index (χ4v) is 1.60. The smallest absolute Gasteiger partial charge is 0.305 e. The van der Waals surface area contributed by atoms with Crippen LogP contribution in [0.4, 0.5) is 0 Å². The maximum Gasteiger partial charge on any atom is 0.305 e. The molecule has 0 amide bonds. The molecule has 0 bridgehead atoms. The SMILES string of the molecule is O=C1CCC2(CCO1)OCCO2. The summed E-state index contributed by atoms with van der Waals surface area (Å²) >= 11 is 0. The highest BCUT2D eigenvalue weighted by Crippen LogP contribution is 2.30. The van der Waals surface area contributed by atoms with Crippen molar-refractivity contribution in [2.24, 2.45) is 0 Å². The zero-order valence-corrected chi connectivity index (χ0v) is 6.88. The van der Waals surface area contributed by atoms with Crippen LogP contribution < -0.4 is 0 Å². The Labute approximate surface area is 70.8 Å². The number of hydrogen-bond acceptors (Lipinski definition) is 4. The topological polar surface area (TPSA) is 44.8 Å². The molecule has 2 rings (SSSR count). The predicted octanol–water partition coefficient (Wildman–Crippen LogP) is 0.457. The Morgan fingerprint density at radius 2 is 1.83 bits per heavy atom. The lowest BCUT2D eigenvalue weighted by Gasteiger charge is -2.23. The van der Waals surface area contributed by atoms with Crippen LogP contribution in [0.1, 0.15) is 19.3 Å². The van der Waals surface area contributed by atoms with Crippen LogP contribution in [-0.4, -0.2) is 31.6 Å². The molecule has 0 aromatic heterocycles. The van der Waals surface area contributed by atoms with Crippen molar-refractivity contribution in [3.8, 4) is 0 Å². The van der Waals surface area contributed by atoms with E-state index in [-0.39, 0.29) is 5.97 Å². The van der Waals surface area contributed by atoms with Crippen molar-refractivity contribution < 1.29 is 19.0 Å². The van der Waals surface area contributed by atoms with Gasteiger partial charge >= 0.3 is 5.97 Å². The van der Waals surface area contributed by atoms with Gasteiger partial charge in [0, 0.05) is 12.8 Å². The summed E-state index contributed by atoms with van der Waals surface area (Å²) in [6.45, 7) is 1.68. The summed E-state index contributed by atoms with van der Waals surface area (Å²) in [6, 6.07) is 0. The quantitative estimate of drug-likeness (QED) is 0.498. The summed E-state index contributed by atoms with van der Waals surface area (Å²) in [7, 11) is 0. The third kappa shape index (κ3) is 1.44. The van der Waals surface area contributed by atoms with Crippen molar-refractivity contribution in [3.63, 3.8) is 0 Å². The molecule has 68 valence electrons. The third-order valence-corrected chi connectivity index (χ3v) is 2.27. The number of ether oxygens (including phenoxy) is 3. The average Bonchev–Trinajstić information content (AvgIpc) is 2.42. The van der Waals surface area contributed by atoms with Crippen LogP contribution in [0.3, 0.4) is 0 Å². The Balaban J connectivity index is 2.01. The molecule has 4 heteroatoms. The first kappa shape index (κ1) is 8.01. The molecule has 2 heterocycles. The highest BCUT2D eigenvalue weighted by Gasteiger charge is 2.38. The second-order valence-electron chi connectivity index (χ2n) is 3.08. The van der Waals surface area contributed by atoms with E-state index >= 15 is 0 Å². The lowest BCUT2D eigenvalue weighted by atomic mass is 10.1. The molecule has 0 aliphatic carbocycles. The molecule has 0 N–H and O–H groups in total. The summed E-state index contributed by atoms with van der Waals surface area (Å²) in [6.07, 6.45) is 1.70. The van der Waals surface area contributed by atoms with E-state index in [0.717, 1.165) is 0 Å². The van der Waals surface area contributed by atoms with Gasteiger partial charge in [0.15, 0.2) is 5.79 Å². The molecule has 0 aromatic rings. The van der Waals surface area contributed by atoms with Gasteiger partial charge in [-0.1, -0.05) is 0 Å². The molecule has 0 saturated carbocycles. The Kier molecular flexibility index (Phi) is 2.02. The van der Waals surface area contributed by atoms with Crippen molar-refractivity contribution in [3.05, 3.63) is 0 Å². The van der Waals surface area contributed by atoms with E-state index in [9.17, 15) is 4.79 Å². The first-order valence-electron chi connectivity index (χ1n) is 4.24. The van der Waals surface area contributed by atoms with Crippen LogP contribution in [0.2, 0.25) is 0 Å². The summed E-state index contributed by atoms with van der Waals surface area (Å²) < 4.78 is 15.8. The molecule has 1 spiro atoms. The van der Waals surface area contributed by atoms with Crippen molar-refractivity contribution in [1.82, 2.24) is 0 Å². The molecular weight excluding hydrogens is 160 g/mol. The normalized spacial score (nSPS) is 28.5. The fraction of sp³-hybridized carbons (Fsp3) is 0.875. The van der Waals surface area contributed by atoms with Gasteiger partial charge in [-0.2, -0.15) is 0 Å². The van der Waals surface area contributed by atoms with E-state index in [0.29, 0.717) is 39.1 Å². The molecule has 4 nitrogen and oxygen atoms in total. The minimum absolute atomic E-state index is 0.147. The minimum Gasteiger partial charge on any atom is -0.465 e.